The number of anilines is 1. The molecule has 0 saturated heterocycles. The number of ether oxygens (including phenoxy) is 1. The van der Waals surface area contributed by atoms with Crippen molar-refractivity contribution in [3.63, 3.8) is 0 Å². The summed E-state index contributed by atoms with van der Waals surface area (Å²) in [5.74, 6) is -0.169. The number of benzene rings is 2. The second kappa shape index (κ2) is 11.9. The molecule has 0 radical (unpaired) electrons. The quantitative estimate of drug-likeness (QED) is 0.469. The van der Waals surface area contributed by atoms with Gasteiger partial charge in [0.25, 0.3) is 0 Å². The van der Waals surface area contributed by atoms with Crippen molar-refractivity contribution in [2.75, 3.05) is 24.2 Å². The highest BCUT2D eigenvalue weighted by Gasteiger charge is 2.33. The smallest absolute Gasteiger partial charge is 0.244 e. The molecule has 0 spiro atoms. The minimum atomic E-state index is -3.77. The fraction of sp³-hybridized carbons (Fsp3) is 0.440. The van der Waals surface area contributed by atoms with Crippen molar-refractivity contribution in [3.05, 3.63) is 58.6 Å². The van der Waals surface area contributed by atoms with Gasteiger partial charge in [0, 0.05) is 16.6 Å². The second-order valence-corrected chi connectivity index (χ2v) is 12.1. The van der Waals surface area contributed by atoms with E-state index in [1.165, 1.54) is 4.90 Å². The summed E-state index contributed by atoms with van der Waals surface area (Å²) in [6.07, 6.45) is 1.41. The fourth-order valence-electron chi connectivity index (χ4n) is 3.56. The molecule has 0 fully saturated rings. The van der Waals surface area contributed by atoms with Crippen molar-refractivity contribution in [1.82, 2.24) is 10.2 Å². The average molecular weight is 569 g/mol. The van der Waals surface area contributed by atoms with Crippen LogP contribution in [0.2, 0.25) is 0 Å². The van der Waals surface area contributed by atoms with E-state index in [0.717, 1.165) is 20.6 Å². The molecule has 0 bridgehead atoms. The Kier molecular flexibility index (Phi) is 9.74. The van der Waals surface area contributed by atoms with Crippen LogP contribution in [0.1, 0.15) is 39.7 Å². The Morgan fingerprint density at radius 3 is 2.26 bits per heavy atom. The predicted octanol–water partition coefficient (Wildman–Crippen LogP) is 3.95. The van der Waals surface area contributed by atoms with Crippen LogP contribution in [0, 0.1) is 0 Å². The molecule has 0 aliphatic heterocycles. The molecule has 2 aromatic carbocycles. The topological polar surface area (TPSA) is 96.0 Å². The first-order valence-electron chi connectivity index (χ1n) is 11.2. The van der Waals surface area contributed by atoms with Crippen LogP contribution in [0.25, 0.3) is 0 Å². The first kappa shape index (κ1) is 28.6. The molecule has 35 heavy (non-hydrogen) atoms. The Hall–Kier alpha value is -2.59. The lowest BCUT2D eigenvalue weighted by atomic mass is 10.1. The number of nitrogens with zero attached hydrogens (tertiary/aromatic N) is 2. The summed E-state index contributed by atoms with van der Waals surface area (Å²) in [6, 6.07) is 13.1. The minimum Gasteiger partial charge on any atom is -0.497 e. The van der Waals surface area contributed by atoms with Gasteiger partial charge in [-0.2, -0.15) is 0 Å². The summed E-state index contributed by atoms with van der Waals surface area (Å²) < 4.78 is 32.4. The van der Waals surface area contributed by atoms with Gasteiger partial charge >= 0.3 is 0 Å². The molecule has 0 aromatic heterocycles. The summed E-state index contributed by atoms with van der Waals surface area (Å²) in [6.45, 7) is 7.09. The molecule has 1 N–H and O–H groups in total. The first-order valence-corrected chi connectivity index (χ1v) is 13.9. The SMILES string of the molecule is CCC(C(=O)NC(C)(C)C)N(Cc1cccc(OC)c1)C(=O)CN(c1ccc(Br)cc1)S(C)(=O)=O. The molecule has 2 aromatic rings. The van der Waals surface area contributed by atoms with Crippen molar-refractivity contribution in [2.45, 2.75) is 52.2 Å². The number of amides is 2. The normalized spacial score (nSPS) is 12.5. The predicted molar refractivity (Wildman–Crippen MR) is 142 cm³/mol. The summed E-state index contributed by atoms with van der Waals surface area (Å²) in [4.78, 5) is 28.3. The maximum Gasteiger partial charge on any atom is 0.244 e. The zero-order valence-corrected chi connectivity index (χ0v) is 23.4. The Balaban J connectivity index is 2.46. The van der Waals surface area contributed by atoms with Gasteiger partial charge in [0.2, 0.25) is 21.8 Å². The molecule has 2 amide bonds. The highest BCUT2D eigenvalue weighted by atomic mass is 79.9. The molecule has 2 rings (SSSR count). The molecule has 1 atom stereocenters. The van der Waals surface area contributed by atoms with Crippen molar-refractivity contribution in [3.8, 4) is 5.75 Å². The van der Waals surface area contributed by atoms with Crippen molar-refractivity contribution < 1.29 is 22.7 Å². The van der Waals surface area contributed by atoms with Crippen molar-refractivity contribution in [1.29, 1.82) is 0 Å². The molecule has 192 valence electrons. The van der Waals surface area contributed by atoms with Gasteiger partial charge in [0.05, 0.1) is 19.1 Å². The van der Waals surface area contributed by atoms with Crippen LogP contribution in [0.3, 0.4) is 0 Å². The van der Waals surface area contributed by atoms with E-state index in [9.17, 15) is 18.0 Å². The van der Waals surface area contributed by atoms with Crippen LogP contribution in [0.4, 0.5) is 5.69 Å². The maximum atomic E-state index is 13.7. The highest BCUT2D eigenvalue weighted by Crippen LogP contribution is 2.23. The summed E-state index contributed by atoms with van der Waals surface area (Å²) in [7, 11) is -2.22. The van der Waals surface area contributed by atoms with Gasteiger partial charge in [0.15, 0.2) is 0 Å². The summed E-state index contributed by atoms with van der Waals surface area (Å²) >= 11 is 3.34. The molecule has 1 unspecified atom stereocenters. The minimum absolute atomic E-state index is 0.115. The maximum absolute atomic E-state index is 13.7. The van der Waals surface area contributed by atoms with Crippen LogP contribution in [0.5, 0.6) is 5.75 Å². The van der Waals surface area contributed by atoms with E-state index >= 15 is 0 Å². The highest BCUT2D eigenvalue weighted by molar-refractivity contribution is 9.10. The van der Waals surface area contributed by atoms with Crippen molar-refractivity contribution >= 4 is 43.5 Å². The molecular formula is C25H34BrN3O5S. The number of carbonyl (C=O) groups excluding carboxylic acids is 2. The van der Waals surface area contributed by atoms with Crippen LogP contribution in [0.15, 0.2) is 53.0 Å². The largest absolute Gasteiger partial charge is 0.497 e. The Bertz CT molecular complexity index is 1130. The van der Waals surface area contributed by atoms with Crippen LogP contribution in [-0.2, 0) is 26.2 Å². The van der Waals surface area contributed by atoms with E-state index < -0.39 is 34.1 Å². The molecule has 0 aliphatic rings. The van der Waals surface area contributed by atoms with Crippen LogP contribution < -0.4 is 14.4 Å². The van der Waals surface area contributed by atoms with Crippen LogP contribution >= 0.6 is 15.9 Å². The zero-order valence-electron chi connectivity index (χ0n) is 21.0. The molecule has 0 saturated carbocycles. The van der Waals surface area contributed by atoms with Gasteiger partial charge in [-0.1, -0.05) is 35.0 Å². The Labute approximate surface area is 216 Å². The summed E-state index contributed by atoms with van der Waals surface area (Å²) in [5, 5.41) is 2.94. The van der Waals surface area contributed by atoms with E-state index in [-0.39, 0.29) is 12.5 Å². The number of hydrogen-bond acceptors (Lipinski definition) is 5. The second-order valence-electron chi connectivity index (χ2n) is 9.28. The number of nitrogens with one attached hydrogen (secondary N) is 1. The lowest BCUT2D eigenvalue weighted by Crippen LogP contribution is -2.55. The Morgan fingerprint density at radius 2 is 1.74 bits per heavy atom. The Morgan fingerprint density at radius 1 is 1.11 bits per heavy atom. The third-order valence-corrected chi connectivity index (χ3v) is 6.83. The van der Waals surface area contributed by atoms with Crippen molar-refractivity contribution in [2.24, 2.45) is 0 Å². The van der Waals surface area contributed by atoms with Crippen LogP contribution in [-0.4, -0.2) is 56.6 Å². The monoisotopic (exact) mass is 567 g/mol. The third-order valence-electron chi connectivity index (χ3n) is 5.16. The number of carbonyl (C=O) groups is 2. The van der Waals surface area contributed by atoms with Gasteiger partial charge in [-0.3, -0.25) is 13.9 Å². The van der Waals surface area contributed by atoms with Gasteiger partial charge in [-0.05, 0) is 69.2 Å². The molecule has 10 heteroatoms. The lowest BCUT2D eigenvalue weighted by Gasteiger charge is -2.34. The van der Waals surface area contributed by atoms with Gasteiger partial charge < -0.3 is 15.0 Å². The number of rotatable bonds is 10. The van der Waals surface area contributed by atoms with E-state index in [1.807, 2.05) is 33.8 Å². The lowest BCUT2D eigenvalue weighted by molar-refractivity contribution is -0.141. The molecule has 8 nitrogen and oxygen atoms in total. The van der Waals surface area contributed by atoms with E-state index in [1.54, 1.807) is 49.6 Å². The first-order chi connectivity index (χ1) is 16.2. The number of halogens is 1. The molecular weight excluding hydrogens is 534 g/mol. The average Bonchev–Trinajstić information content (AvgIpc) is 2.76. The number of hydrogen-bond donors (Lipinski definition) is 1. The van der Waals surface area contributed by atoms with Gasteiger partial charge in [-0.15, -0.1) is 0 Å². The van der Waals surface area contributed by atoms with E-state index in [4.69, 9.17) is 4.74 Å². The van der Waals surface area contributed by atoms with E-state index in [2.05, 4.69) is 21.2 Å². The number of sulfonamides is 1. The number of methoxy groups -OCH3 is 1. The fourth-order valence-corrected chi connectivity index (χ4v) is 4.67. The standard InChI is InChI=1S/C25H34BrN3O5S/c1-7-22(24(31)27-25(2,3)4)28(16-18-9-8-10-21(15-18)34-5)23(30)17-29(35(6,32)33)20-13-11-19(26)12-14-20/h8-15,22H,7,16-17H2,1-6H3,(H,27,31). The van der Waals surface area contributed by atoms with Gasteiger partial charge in [-0.25, -0.2) is 8.42 Å². The molecule has 0 aliphatic carbocycles. The van der Waals surface area contributed by atoms with E-state index in [0.29, 0.717) is 17.9 Å². The zero-order chi connectivity index (χ0) is 26.4. The van der Waals surface area contributed by atoms with Gasteiger partial charge in [0.1, 0.15) is 18.3 Å². The molecule has 0 heterocycles. The third kappa shape index (κ3) is 8.54. The summed E-state index contributed by atoms with van der Waals surface area (Å²) in [5.41, 5.74) is 0.623.